The SMILES string of the molecule is C=COC(CC(F)F)C(F)C(F)F. The molecule has 2 unspecified atom stereocenters. The summed E-state index contributed by atoms with van der Waals surface area (Å²) in [7, 11) is 0. The molecule has 0 aromatic heterocycles. The quantitative estimate of drug-likeness (QED) is 0.477. The summed E-state index contributed by atoms with van der Waals surface area (Å²) in [4.78, 5) is 0. The lowest BCUT2D eigenvalue weighted by atomic mass is 10.1. The molecular formula is C7H9F5O. The van der Waals surface area contributed by atoms with Gasteiger partial charge < -0.3 is 4.74 Å². The van der Waals surface area contributed by atoms with E-state index in [4.69, 9.17) is 0 Å². The molecular weight excluding hydrogens is 195 g/mol. The van der Waals surface area contributed by atoms with Crippen LogP contribution in [0.25, 0.3) is 0 Å². The molecule has 0 saturated carbocycles. The van der Waals surface area contributed by atoms with Crippen molar-refractivity contribution in [1.82, 2.24) is 0 Å². The molecule has 0 aromatic carbocycles. The molecule has 1 nitrogen and oxygen atoms in total. The van der Waals surface area contributed by atoms with E-state index in [1.165, 1.54) is 0 Å². The normalized spacial score (nSPS) is 15.9. The third-order valence-electron chi connectivity index (χ3n) is 1.28. The average molecular weight is 204 g/mol. The second kappa shape index (κ2) is 5.77. The summed E-state index contributed by atoms with van der Waals surface area (Å²) in [6.45, 7) is 2.97. The maximum atomic E-state index is 12.5. The predicted molar refractivity (Wildman–Crippen MR) is 36.6 cm³/mol. The predicted octanol–water partition coefficient (Wildman–Crippen LogP) is 2.77. The Morgan fingerprint density at radius 1 is 1.15 bits per heavy atom. The van der Waals surface area contributed by atoms with E-state index in [1.807, 2.05) is 0 Å². The number of alkyl halides is 5. The Labute approximate surface area is 72.2 Å². The standard InChI is InChI=1S/C7H9F5O/c1-2-13-4(3-5(8)9)6(10)7(11)12/h2,4-7H,1,3H2. The van der Waals surface area contributed by atoms with Crippen LogP contribution in [0.2, 0.25) is 0 Å². The van der Waals surface area contributed by atoms with Gasteiger partial charge in [0.25, 0.3) is 6.43 Å². The summed E-state index contributed by atoms with van der Waals surface area (Å²) in [5.41, 5.74) is 0. The van der Waals surface area contributed by atoms with Crippen LogP contribution in [0.3, 0.4) is 0 Å². The van der Waals surface area contributed by atoms with Crippen LogP contribution in [-0.2, 0) is 4.74 Å². The van der Waals surface area contributed by atoms with E-state index in [0.29, 0.717) is 6.26 Å². The van der Waals surface area contributed by atoms with Crippen molar-refractivity contribution in [3.63, 3.8) is 0 Å². The molecule has 0 aliphatic heterocycles. The van der Waals surface area contributed by atoms with Crippen molar-refractivity contribution in [1.29, 1.82) is 0 Å². The molecule has 0 amide bonds. The Kier molecular flexibility index (Phi) is 5.41. The van der Waals surface area contributed by atoms with Gasteiger partial charge in [0.2, 0.25) is 6.43 Å². The highest BCUT2D eigenvalue weighted by Crippen LogP contribution is 2.19. The van der Waals surface area contributed by atoms with E-state index in [9.17, 15) is 22.0 Å². The lowest BCUT2D eigenvalue weighted by Gasteiger charge is -2.19. The highest BCUT2D eigenvalue weighted by molar-refractivity contribution is 4.75. The largest absolute Gasteiger partial charge is 0.495 e. The summed E-state index contributed by atoms with van der Waals surface area (Å²) < 4.78 is 63.5. The summed E-state index contributed by atoms with van der Waals surface area (Å²) in [6.07, 6.45) is -11.2. The highest BCUT2D eigenvalue weighted by Gasteiger charge is 2.32. The number of hydrogen-bond acceptors (Lipinski definition) is 1. The maximum absolute atomic E-state index is 12.5. The monoisotopic (exact) mass is 204 g/mol. The third-order valence-corrected chi connectivity index (χ3v) is 1.28. The van der Waals surface area contributed by atoms with Crippen molar-refractivity contribution in [3.8, 4) is 0 Å². The van der Waals surface area contributed by atoms with E-state index in [2.05, 4.69) is 11.3 Å². The van der Waals surface area contributed by atoms with Crippen LogP contribution in [-0.4, -0.2) is 25.1 Å². The number of ether oxygens (including phenoxy) is 1. The van der Waals surface area contributed by atoms with Gasteiger partial charge in [-0.05, 0) is 0 Å². The lowest BCUT2D eigenvalue weighted by Crippen LogP contribution is -2.31. The smallest absolute Gasteiger partial charge is 0.273 e. The molecule has 2 atom stereocenters. The highest BCUT2D eigenvalue weighted by atomic mass is 19.3. The molecule has 13 heavy (non-hydrogen) atoms. The minimum Gasteiger partial charge on any atom is -0.495 e. The first-order chi connectivity index (χ1) is 5.99. The number of halogens is 5. The third kappa shape index (κ3) is 4.69. The zero-order chi connectivity index (χ0) is 10.4. The van der Waals surface area contributed by atoms with E-state index < -0.39 is 31.5 Å². The van der Waals surface area contributed by atoms with Gasteiger partial charge in [-0.15, -0.1) is 0 Å². The van der Waals surface area contributed by atoms with E-state index in [0.717, 1.165) is 0 Å². The molecule has 0 rings (SSSR count). The van der Waals surface area contributed by atoms with Crippen LogP contribution in [0.4, 0.5) is 22.0 Å². The Morgan fingerprint density at radius 2 is 1.69 bits per heavy atom. The van der Waals surface area contributed by atoms with Gasteiger partial charge >= 0.3 is 0 Å². The van der Waals surface area contributed by atoms with Gasteiger partial charge in [0.15, 0.2) is 6.17 Å². The minimum absolute atomic E-state index is 0.669. The Balaban J connectivity index is 4.13. The minimum atomic E-state index is -3.33. The van der Waals surface area contributed by atoms with Gasteiger partial charge in [-0.25, -0.2) is 22.0 Å². The van der Waals surface area contributed by atoms with Crippen molar-refractivity contribution in [2.75, 3.05) is 0 Å². The van der Waals surface area contributed by atoms with Gasteiger partial charge in [-0.2, -0.15) is 0 Å². The molecule has 0 bridgehead atoms. The molecule has 78 valence electrons. The van der Waals surface area contributed by atoms with Gasteiger partial charge in [0.1, 0.15) is 6.10 Å². The first-order valence-corrected chi connectivity index (χ1v) is 3.45. The van der Waals surface area contributed by atoms with Gasteiger partial charge in [-0.3, -0.25) is 0 Å². The van der Waals surface area contributed by atoms with Crippen LogP contribution in [0, 0.1) is 0 Å². The second-order valence-corrected chi connectivity index (χ2v) is 2.25. The van der Waals surface area contributed by atoms with Crippen molar-refractivity contribution in [2.45, 2.75) is 31.5 Å². The van der Waals surface area contributed by atoms with E-state index in [-0.39, 0.29) is 0 Å². The molecule has 0 radical (unpaired) electrons. The van der Waals surface area contributed by atoms with E-state index in [1.54, 1.807) is 0 Å². The molecule has 0 aliphatic carbocycles. The zero-order valence-electron chi connectivity index (χ0n) is 6.60. The second-order valence-electron chi connectivity index (χ2n) is 2.25. The fourth-order valence-electron chi connectivity index (χ4n) is 0.722. The fourth-order valence-corrected chi connectivity index (χ4v) is 0.722. The van der Waals surface area contributed by atoms with Gasteiger partial charge in [0, 0.05) is 6.42 Å². The summed E-state index contributed by atoms with van der Waals surface area (Å²) >= 11 is 0. The summed E-state index contributed by atoms with van der Waals surface area (Å²) in [6, 6.07) is 0. The average Bonchev–Trinajstić information content (AvgIpc) is 2.01. The first-order valence-electron chi connectivity index (χ1n) is 3.45. The molecule has 0 aromatic rings. The molecule has 0 spiro atoms. The number of rotatable bonds is 6. The molecule has 0 fully saturated rings. The van der Waals surface area contributed by atoms with Crippen molar-refractivity contribution in [3.05, 3.63) is 12.8 Å². The van der Waals surface area contributed by atoms with Crippen molar-refractivity contribution in [2.24, 2.45) is 0 Å². The van der Waals surface area contributed by atoms with Gasteiger partial charge in [0.05, 0.1) is 6.26 Å². The molecule has 6 heteroatoms. The summed E-state index contributed by atoms with van der Waals surface area (Å²) in [5.74, 6) is 0. The zero-order valence-corrected chi connectivity index (χ0v) is 6.60. The topological polar surface area (TPSA) is 9.23 Å². The lowest BCUT2D eigenvalue weighted by molar-refractivity contribution is -0.0565. The van der Waals surface area contributed by atoms with Crippen LogP contribution >= 0.6 is 0 Å². The Morgan fingerprint density at radius 3 is 2.00 bits per heavy atom. The van der Waals surface area contributed by atoms with Crippen LogP contribution < -0.4 is 0 Å². The van der Waals surface area contributed by atoms with E-state index >= 15 is 0 Å². The molecule has 0 heterocycles. The fraction of sp³-hybridized carbons (Fsp3) is 0.714. The maximum Gasteiger partial charge on any atom is 0.273 e. The molecule has 0 N–H and O–H groups in total. The Bertz CT molecular complexity index is 150. The molecule has 0 aliphatic rings. The number of hydrogen-bond donors (Lipinski definition) is 0. The summed E-state index contributed by atoms with van der Waals surface area (Å²) in [5, 5.41) is 0. The van der Waals surface area contributed by atoms with Crippen LogP contribution in [0.15, 0.2) is 12.8 Å². The first kappa shape index (κ1) is 12.2. The Hall–Kier alpha value is -0.810. The van der Waals surface area contributed by atoms with Crippen LogP contribution in [0.5, 0.6) is 0 Å². The van der Waals surface area contributed by atoms with Crippen LogP contribution in [0.1, 0.15) is 6.42 Å². The molecule has 0 saturated heterocycles. The van der Waals surface area contributed by atoms with Crippen molar-refractivity contribution >= 4 is 0 Å². The van der Waals surface area contributed by atoms with Gasteiger partial charge in [-0.1, -0.05) is 6.58 Å². The van der Waals surface area contributed by atoms with Crippen molar-refractivity contribution < 1.29 is 26.7 Å².